The highest BCUT2D eigenvalue weighted by Crippen LogP contribution is 2.00. The molecule has 0 bridgehead atoms. The summed E-state index contributed by atoms with van der Waals surface area (Å²) in [5.74, 6) is 0.977. The molecule has 0 spiro atoms. The number of thiol groups is 1. The van der Waals surface area contributed by atoms with Crippen LogP contribution in [0.5, 0.6) is 0 Å². The molecule has 4 heteroatoms. The van der Waals surface area contributed by atoms with E-state index >= 15 is 0 Å². The van der Waals surface area contributed by atoms with Crippen LogP contribution in [0.4, 0.5) is 0 Å². The Morgan fingerprint density at radius 2 is 2.09 bits per heavy atom. The van der Waals surface area contributed by atoms with E-state index in [2.05, 4.69) is 19.2 Å². The van der Waals surface area contributed by atoms with Crippen LogP contribution in [0.2, 0.25) is 12.6 Å². The SMILES string of the molecule is COCCO[SiH](C)CCCS. The maximum absolute atomic E-state index is 5.56. The lowest BCUT2D eigenvalue weighted by atomic mass is 10.6. The number of hydrogen-bond acceptors (Lipinski definition) is 3. The van der Waals surface area contributed by atoms with Crippen molar-refractivity contribution in [2.75, 3.05) is 26.1 Å². The summed E-state index contributed by atoms with van der Waals surface area (Å²) in [6.45, 7) is 3.70. The van der Waals surface area contributed by atoms with Crippen molar-refractivity contribution in [3.63, 3.8) is 0 Å². The van der Waals surface area contributed by atoms with Gasteiger partial charge in [-0.25, -0.2) is 0 Å². The smallest absolute Gasteiger partial charge is 0.174 e. The molecule has 0 aliphatic heterocycles. The molecule has 0 aromatic rings. The summed E-state index contributed by atoms with van der Waals surface area (Å²) in [5, 5.41) is 0. The summed E-state index contributed by atoms with van der Waals surface area (Å²) in [4.78, 5) is 0. The van der Waals surface area contributed by atoms with Gasteiger partial charge in [-0.3, -0.25) is 0 Å². The van der Waals surface area contributed by atoms with E-state index in [9.17, 15) is 0 Å². The fourth-order valence-corrected chi connectivity index (χ4v) is 2.77. The molecule has 0 rings (SSSR count). The fraction of sp³-hybridized carbons (Fsp3) is 1.00. The zero-order valence-corrected chi connectivity index (χ0v) is 9.43. The molecular weight excluding hydrogens is 176 g/mol. The Bertz CT molecular complexity index is 82.8. The van der Waals surface area contributed by atoms with Crippen LogP contribution < -0.4 is 0 Å². The summed E-state index contributed by atoms with van der Waals surface area (Å²) in [7, 11) is 0.817. The summed E-state index contributed by atoms with van der Waals surface area (Å²) in [5.41, 5.74) is 0. The number of hydrogen-bond donors (Lipinski definition) is 1. The van der Waals surface area contributed by atoms with Gasteiger partial charge < -0.3 is 9.16 Å². The Labute approximate surface area is 76.4 Å². The molecule has 68 valence electrons. The molecule has 1 unspecified atom stereocenters. The van der Waals surface area contributed by atoms with Crippen LogP contribution in [0.15, 0.2) is 0 Å². The summed E-state index contributed by atoms with van der Waals surface area (Å²) in [6, 6.07) is 1.23. The van der Waals surface area contributed by atoms with Gasteiger partial charge in [-0.05, 0) is 24.8 Å². The first-order valence-corrected chi connectivity index (χ1v) is 7.10. The molecule has 0 radical (unpaired) electrons. The highest BCUT2D eigenvalue weighted by molar-refractivity contribution is 7.80. The standard InChI is InChI=1S/C7H18O2SSi/c1-8-4-5-9-11(2)7-3-6-10/h10-11H,3-7H2,1-2H3. The zero-order chi connectivity index (χ0) is 8.53. The quantitative estimate of drug-likeness (QED) is 0.374. The second kappa shape index (κ2) is 8.58. The van der Waals surface area contributed by atoms with Crippen LogP contribution in [0.1, 0.15) is 6.42 Å². The van der Waals surface area contributed by atoms with Gasteiger partial charge in [0.2, 0.25) is 0 Å². The third-order valence-corrected chi connectivity index (χ3v) is 3.80. The second-order valence-electron chi connectivity index (χ2n) is 2.54. The van der Waals surface area contributed by atoms with Crippen molar-refractivity contribution in [2.45, 2.75) is 19.0 Å². The minimum absolute atomic E-state index is 0.720. The number of rotatable bonds is 7. The molecule has 0 amide bonds. The maximum atomic E-state index is 5.56. The molecule has 11 heavy (non-hydrogen) atoms. The van der Waals surface area contributed by atoms with Gasteiger partial charge in [0.1, 0.15) is 0 Å². The lowest BCUT2D eigenvalue weighted by Crippen LogP contribution is -2.16. The highest BCUT2D eigenvalue weighted by atomic mass is 32.1. The predicted molar refractivity (Wildman–Crippen MR) is 54.1 cm³/mol. The van der Waals surface area contributed by atoms with Crippen molar-refractivity contribution in [1.29, 1.82) is 0 Å². The Morgan fingerprint density at radius 3 is 2.64 bits per heavy atom. The predicted octanol–water partition coefficient (Wildman–Crippen LogP) is 1.32. The third kappa shape index (κ3) is 8.39. The van der Waals surface area contributed by atoms with E-state index in [0.29, 0.717) is 0 Å². The van der Waals surface area contributed by atoms with Gasteiger partial charge >= 0.3 is 0 Å². The monoisotopic (exact) mass is 194 g/mol. The highest BCUT2D eigenvalue weighted by Gasteiger charge is 2.02. The average Bonchev–Trinajstić information content (AvgIpc) is 2.01. The Balaban J connectivity index is 3.02. The second-order valence-corrected chi connectivity index (χ2v) is 5.52. The van der Waals surface area contributed by atoms with Crippen molar-refractivity contribution in [3.05, 3.63) is 0 Å². The van der Waals surface area contributed by atoms with Gasteiger partial charge in [0.25, 0.3) is 0 Å². The van der Waals surface area contributed by atoms with Crippen LogP contribution in [-0.4, -0.2) is 35.1 Å². The average molecular weight is 194 g/mol. The van der Waals surface area contributed by atoms with Gasteiger partial charge in [-0.15, -0.1) is 0 Å². The van der Waals surface area contributed by atoms with Gasteiger partial charge in [-0.2, -0.15) is 12.6 Å². The van der Waals surface area contributed by atoms with Gasteiger partial charge in [0.15, 0.2) is 9.04 Å². The number of methoxy groups -OCH3 is 1. The molecule has 0 saturated carbocycles. The van der Waals surface area contributed by atoms with E-state index in [1.807, 2.05) is 0 Å². The van der Waals surface area contributed by atoms with Crippen molar-refractivity contribution in [2.24, 2.45) is 0 Å². The Kier molecular flexibility index (Phi) is 8.96. The molecule has 0 fully saturated rings. The molecule has 0 saturated heterocycles. The van der Waals surface area contributed by atoms with E-state index in [4.69, 9.17) is 9.16 Å². The molecule has 0 aliphatic rings. The molecule has 0 aliphatic carbocycles. The largest absolute Gasteiger partial charge is 0.418 e. The number of ether oxygens (including phenoxy) is 1. The molecular formula is C7H18O2SSi. The molecule has 0 heterocycles. The van der Waals surface area contributed by atoms with Gasteiger partial charge in [-0.1, -0.05) is 0 Å². The van der Waals surface area contributed by atoms with E-state index < -0.39 is 9.04 Å². The molecule has 1 atom stereocenters. The van der Waals surface area contributed by atoms with Gasteiger partial charge in [0, 0.05) is 7.11 Å². The first kappa shape index (κ1) is 11.5. The summed E-state index contributed by atoms with van der Waals surface area (Å²) < 4.78 is 10.4. The minimum Gasteiger partial charge on any atom is -0.418 e. The lowest BCUT2D eigenvalue weighted by Gasteiger charge is -2.09. The Morgan fingerprint density at radius 1 is 1.36 bits per heavy atom. The van der Waals surface area contributed by atoms with E-state index in [-0.39, 0.29) is 0 Å². The van der Waals surface area contributed by atoms with E-state index in [0.717, 1.165) is 19.0 Å². The molecule has 0 aromatic carbocycles. The first-order valence-electron chi connectivity index (χ1n) is 4.02. The van der Waals surface area contributed by atoms with Crippen LogP contribution in [0, 0.1) is 0 Å². The van der Waals surface area contributed by atoms with Gasteiger partial charge in [0.05, 0.1) is 13.2 Å². The van der Waals surface area contributed by atoms with E-state index in [1.165, 1.54) is 12.5 Å². The fourth-order valence-electron chi connectivity index (χ4n) is 0.795. The maximum Gasteiger partial charge on any atom is 0.174 e. The Hall–Kier alpha value is 0.487. The molecule has 0 aromatic heterocycles. The third-order valence-electron chi connectivity index (χ3n) is 1.46. The van der Waals surface area contributed by atoms with Crippen LogP contribution in [0.3, 0.4) is 0 Å². The van der Waals surface area contributed by atoms with Crippen LogP contribution in [-0.2, 0) is 9.16 Å². The minimum atomic E-state index is -0.880. The molecule has 0 N–H and O–H groups in total. The lowest BCUT2D eigenvalue weighted by molar-refractivity contribution is 0.146. The summed E-state index contributed by atoms with van der Waals surface area (Å²) in [6.07, 6.45) is 1.18. The topological polar surface area (TPSA) is 18.5 Å². The van der Waals surface area contributed by atoms with Crippen molar-refractivity contribution < 1.29 is 9.16 Å². The van der Waals surface area contributed by atoms with Crippen molar-refractivity contribution in [3.8, 4) is 0 Å². The first-order chi connectivity index (χ1) is 5.31. The zero-order valence-electron chi connectivity index (χ0n) is 7.38. The van der Waals surface area contributed by atoms with Crippen LogP contribution >= 0.6 is 12.6 Å². The molecule has 2 nitrogen and oxygen atoms in total. The van der Waals surface area contributed by atoms with Crippen molar-refractivity contribution >= 4 is 21.7 Å². The summed E-state index contributed by atoms with van der Waals surface area (Å²) >= 11 is 4.15. The van der Waals surface area contributed by atoms with Crippen LogP contribution in [0.25, 0.3) is 0 Å². The van der Waals surface area contributed by atoms with E-state index in [1.54, 1.807) is 7.11 Å². The van der Waals surface area contributed by atoms with Crippen molar-refractivity contribution in [1.82, 2.24) is 0 Å². The normalized spacial score (nSPS) is 13.4.